The topological polar surface area (TPSA) is 71.3 Å². The van der Waals surface area contributed by atoms with Crippen molar-refractivity contribution in [1.29, 1.82) is 0 Å². The van der Waals surface area contributed by atoms with Gasteiger partial charge in [-0.15, -0.1) is 5.10 Å². The van der Waals surface area contributed by atoms with Gasteiger partial charge in [0.15, 0.2) is 11.2 Å². The number of aromatic nitrogens is 3. The predicted molar refractivity (Wildman–Crippen MR) is 103 cm³/mol. The minimum atomic E-state index is -0.181. The van der Waals surface area contributed by atoms with Gasteiger partial charge in [0.25, 0.3) is 5.91 Å². The molecule has 7 heteroatoms. The minimum Gasteiger partial charge on any atom is -0.353 e. The summed E-state index contributed by atoms with van der Waals surface area (Å²) in [7, 11) is 0. The summed E-state index contributed by atoms with van der Waals surface area (Å²) in [6.07, 6.45) is 4.84. The first-order valence-electron chi connectivity index (χ1n) is 9.60. The third-order valence-corrected chi connectivity index (χ3v) is 5.34. The van der Waals surface area contributed by atoms with E-state index in [9.17, 15) is 9.59 Å². The van der Waals surface area contributed by atoms with Crippen molar-refractivity contribution in [3.8, 4) is 0 Å². The number of amides is 1. The molecule has 1 aliphatic carbocycles. The van der Waals surface area contributed by atoms with Gasteiger partial charge in [0, 0.05) is 50.2 Å². The molecule has 1 saturated heterocycles. The van der Waals surface area contributed by atoms with Gasteiger partial charge in [-0.2, -0.15) is 5.10 Å². The number of nitrogens with zero attached hydrogens (tertiary/aromatic N) is 5. The number of pyridine rings is 1. The monoisotopic (exact) mass is 367 g/mol. The van der Waals surface area contributed by atoms with Crippen LogP contribution < -0.4 is 10.3 Å². The van der Waals surface area contributed by atoms with E-state index in [2.05, 4.69) is 19.7 Å². The molecule has 2 aliphatic rings. The van der Waals surface area contributed by atoms with Crippen molar-refractivity contribution in [2.24, 2.45) is 0 Å². The second kappa shape index (κ2) is 7.13. The number of hydrogen-bond acceptors (Lipinski definition) is 5. The van der Waals surface area contributed by atoms with E-state index in [0.717, 1.165) is 43.0 Å². The van der Waals surface area contributed by atoms with Gasteiger partial charge in [0.05, 0.1) is 5.69 Å². The van der Waals surface area contributed by atoms with E-state index in [4.69, 9.17) is 0 Å². The summed E-state index contributed by atoms with van der Waals surface area (Å²) < 4.78 is 2.08. The Kier molecular flexibility index (Phi) is 4.68. The standard InChI is InChI=1S/C20H25N5O2/c1-14-4-7-19(22-21-14)23-8-3-9-24(11-10-23)20(27)17-13-25(16-5-6-16)15(2)12-18(17)26/h4,7,12-13,16H,3,5-6,8-11H2,1-2H3. The Balaban J connectivity index is 1.51. The van der Waals surface area contributed by atoms with Crippen LogP contribution in [0.15, 0.2) is 29.2 Å². The van der Waals surface area contributed by atoms with Gasteiger partial charge in [-0.05, 0) is 45.2 Å². The average molecular weight is 367 g/mol. The van der Waals surface area contributed by atoms with E-state index < -0.39 is 0 Å². The molecular formula is C20H25N5O2. The van der Waals surface area contributed by atoms with Gasteiger partial charge in [0.2, 0.25) is 0 Å². The van der Waals surface area contributed by atoms with Gasteiger partial charge >= 0.3 is 0 Å². The zero-order valence-electron chi connectivity index (χ0n) is 15.9. The molecular weight excluding hydrogens is 342 g/mol. The minimum absolute atomic E-state index is 0.161. The molecule has 3 heterocycles. The lowest BCUT2D eigenvalue weighted by molar-refractivity contribution is 0.0764. The summed E-state index contributed by atoms with van der Waals surface area (Å²) in [6.45, 7) is 6.57. The smallest absolute Gasteiger partial charge is 0.259 e. The van der Waals surface area contributed by atoms with Crippen molar-refractivity contribution >= 4 is 11.7 Å². The highest BCUT2D eigenvalue weighted by Crippen LogP contribution is 2.35. The van der Waals surface area contributed by atoms with Crippen molar-refractivity contribution in [1.82, 2.24) is 19.7 Å². The summed E-state index contributed by atoms with van der Waals surface area (Å²) in [5.74, 6) is 0.674. The van der Waals surface area contributed by atoms with Crippen LogP contribution in [0, 0.1) is 13.8 Å². The zero-order valence-corrected chi connectivity index (χ0v) is 15.9. The van der Waals surface area contributed by atoms with Crippen molar-refractivity contribution < 1.29 is 4.79 Å². The van der Waals surface area contributed by atoms with Crippen LogP contribution in [0.4, 0.5) is 5.82 Å². The van der Waals surface area contributed by atoms with E-state index in [1.165, 1.54) is 0 Å². The Morgan fingerprint density at radius 2 is 1.89 bits per heavy atom. The molecule has 0 spiro atoms. The Morgan fingerprint density at radius 1 is 1.07 bits per heavy atom. The highest BCUT2D eigenvalue weighted by atomic mass is 16.2. The molecule has 0 aromatic carbocycles. The molecule has 1 saturated carbocycles. The van der Waals surface area contributed by atoms with Crippen LogP contribution in [-0.4, -0.2) is 51.8 Å². The van der Waals surface area contributed by atoms with E-state index in [-0.39, 0.29) is 16.9 Å². The molecule has 0 radical (unpaired) electrons. The number of rotatable bonds is 3. The average Bonchev–Trinajstić information content (AvgIpc) is 3.49. The molecule has 2 aromatic heterocycles. The summed E-state index contributed by atoms with van der Waals surface area (Å²) in [4.78, 5) is 29.4. The Bertz CT molecular complexity index is 902. The van der Waals surface area contributed by atoms with Crippen molar-refractivity contribution in [2.75, 3.05) is 31.1 Å². The lowest BCUT2D eigenvalue weighted by Gasteiger charge is -2.23. The van der Waals surface area contributed by atoms with Crippen LogP contribution in [0.5, 0.6) is 0 Å². The summed E-state index contributed by atoms with van der Waals surface area (Å²) >= 11 is 0. The molecule has 0 atom stereocenters. The van der Waals surface area contributed by atoms with Crippen LogP contribution in [0.1, 0.15) is 47.1 Å². The molecule has 0 unspecified atom stereocenters. The maximum atomic E-state index is 13.0. The molecule has 2 aromatic rings. The lowest BCUT2D eigenvalue weighted by Crippen LogP contribution is -2.38. The second-order valence-electron chi connectivity index (χ2n) is 7.50. The number of aryl methyl sites for hydroxylation is 2. The van der Waals surface area contributed by atoms with Gasteiger partial charge in [0.1, 0.15) is 5.56 Å². The van der Waals surface area contributed by atoms with E-state index in [0.29, 0.717) is 25.7 Å². The molecule has 0 N–H and O–H groups in total. The van der Waals surface area contributed by atoms with E-state index >= 15 is 0 Å². The molecule has 7 nitrogen and oxygen atoms in total. The molecule has 1 amide bonds. The van der Waals surface area contributed by atoms with E-state index in [1.54, 1.807) is 17.2 Å². The van der Waals surface area contributed by atoms with E-state index in [1.807, 2.05) is 26.0 Å². The van der Waals surface area contributed by atoms with Crippen LogP contribution in [0.2, 0.25) is 0 Å². The van der Waals surface area contributed by atoms with Crippen molar-refractivity contribution in [3.63, 3.8) is 0 Å². The fraction of sp³-hybridized carbons (Fsp3) is 0.500. The second-order valence-corrected chi connectivity index (χ2v) is 7.50. The lowest BCUT2D eigenvalue weighted by atomic mass is 10.2. The zero-order chi connectivity index (χ0) is 19.0. The summed E-state index contributed by atoms with van der Waals surface area (Å²) in [6, 6.07) is 5.95. The normalized spacial score (nSPS) is 17.7. The quantitative estimate of drug-likeness (QED) is 0.829. The molecule has 0 bridgehead atoms. The SMILES string of the molecule is Cc1ccc(N2CCCN(C(=O)c3cn(C4CC4)c(C)cc3=O)CC2)nn1. The fourth-order valence-corrected chi connectivity index (χ4v) is 3.63. The first kappa shape index (κ1) is 17.7. The molecule has 1 aliphatic heterocycles. The molecule has 142 valence electrons. The summed E-state index contributed by atoms with van der Waals surface area (Å²) in [5, 5.41) is 8.37. The van der Waals surface area contributed by atoms with Crippen LogP contribution in [0.3, 0.4) is 0 Å². The highest BCUT2D eigenvalue weighted by molar-refractivity contribution is 5.94. The van der Waals surface area contributed by atoms with Gasteiger partial charge in [-0.1, -0.05) is 0 Å². The highest BCUT2D eigenvalue weighted by Gasteiger charge is 2.27. The maximum absolute atomic E-state index is 13.0. The van der Waals surface area contributed by atoms with Crippen LogP contribution in [0.25, 0.3) is 0 Å². The van der Waals surface area contributed by atoms with Gasteiger partial charge < -0.3 is 14.4 Å². The third kappa shape index (κ3) is 3.72. The molecule has 2 fully saturated rings. The van der Waals surface area contributed by atoms with Gasteiger partial charge in [-0.25, -0.2) is 0 Å². The number of carbonyl (C=O) groups excluding carboxylic acids is 1. The molecule has 27 heavy (non-hydrogen) atoms. The van der Waals surface area contributed by atoms with Gasteiger partial charge in [-0.3, -0.25) is 9.59 Å². The molecule has 4 rings (SSSR count). The Hall–Kier alpha value is -2.70. The summed E-state index contributed by atoms with van der Waals surface area (Å²) in [5.41, 5.74) is 1.92. The van der Waals surface area contributed by atoms with Crippen LogP contribution in [-0.2, 0) is 0 Å². The maximum Gasteiger partial charge on any atom is 0.259 e. The number of carbonyl (C=O) groups is 1. The number of anilines is 1. The predicted octanol–water partition coefficient (Wildman–Crippen LogP) is 1.94. The first-order chi connectivity index (χ1) is 13.0. The van der Waals surface area contributed by atoms with Crippen molar-refractivity contribution in [2.45, 2.75) is 39.2 Å². The fourth-order valence-electron chi connectivity index (χ4n) is 3.63. The Morgan fingerprint density at radius 3 is 2.59 bits per heavy atom. The largest absolute Gasteiger partial charge is 0.353 e. The van der Waals surface area contributed by atoms with Crippen molar-refractivity contribution in [3.05, 3.63) is 51.6 Å². The number of hydrogen-bond donors (Lipinski definition) is 0. The Labute approximate surface area is 158 Å². The third-order valence-electron chi connectivity index (χ3n) is 5.34. The first-order valence-corrected chi connectivity index (χ1v) is 9.60. The van der Waals surface area contributed by atoms with Crippen LogP contribution >= 0.6 is 0 Å².